The van der Waals surface area contributed by atoms with Gasteiger partial charge in [-0.1, -0.05) is 24.3 Å². The molecule has 1 aromatic heterocycles. The van der Waals surface area contributed by atoms with E-state index in [1.165, 1.54) is 42.1 Å². The Morgan fingerprint density at radius 2 is 1.74 bits per heavy atom. The summed E-state index contributed by atoms with van der Waals surface area (Å²) in [7, 11) is 0. The van der Waals surface area contributed by atoms with Crippen LogP contribution in [0.25, 0.3) is 0 Å². The highest BCUT2D eigenvalue weighted by Gasteiger charge is 2.27. The van der Waals surface area contributed by atoms with Gasteiger partial charge in [0.2, 0.25) is 0 Å². The Balaban J connectivity index is 1.43. The molecule has 0 radical (unpaired) electrons. The summed E-state index contributed by atoms with van der Waals surface area (Å²) in [5.74, 6) is -2.25. The summed E-state index contributed by atoms with van der Waals surface area (Å²) in [6.45, 7) is 1.86. The van der Waals surface area contributed by atoms with Crippen LogP contribution in [-0.2, 0) is 13.0 Å². The van der Waals surface area contributed by atoms with Crippen molar-refractivity contribution >= 4 is 34.5 Å². The van der Waals surface area contributed by atoms with E-state index in [0.29, 0.717) is 6.54 Å². The van der Waals surface area contributed by atoms with Crippen LogP contribution in [0.1, 0.15) is 42.3 Å². The Morgan fingerprint density at radius 1 is 0.912 bits per heavy atom. The number of carbonyl (C=O) groups excluding carboxylic acids is 2. The summed E-state index contributed by atoms with van der Waals surface area (Å²) in [5.41, 5.74) is 3.27. The molecule has 4 aromatic rings. The number of hydrogen-bond donors (Lipinski definition) is 1. The zero-order chi connectivity index (χ0) is 23.8. The highest BCUT2D eigenvalue weighted by Crippen LogP contribution is 2.34. The molecule has 0 spiro atoms. The Morgan fingerprint density at radius 3 is 2.56 bits per heavy atom. The van der Waals surface area contributed by atoms with Crippen LogP contribution >= 0.6 is 11.3 Å². The van der Waals surface area contributed by atoms with Gasteiger partial charge < -0.3 is 10.2 Å². The average molecular weight is 475 g/mol. The Bertz CT molecular complexity index is 1430. The smallest absolute Gasteiger partial charge is 0.261 e. The summed E-state index contributed by atoms with van der Waals surface area (Å²) < 4.78 is 28.9. The van der Waals surface area contributed by atoms with E-state index in [2.05, 4.69) is 5.32 Å². The number of nitrogens with one attached hydrogen (secondary N) is 1. The molecule has 4 nitrogen and oxygen atoms in total. The molecule has 5 rings (SSSR count). The largest absolute Gasteiger partial charge is 0.322 e. The second-order valence-electron chi connectivity index (χ2n) is 8.13. The predicted octanol–water partition coefficient (Wildman–Crippen LogP) is 6.34. The number of benzene rings is 3. The van der Waals surface area contributed by atoms with E-state index in [-0.39, 0.29) is 22.4 Å². The topological polar surface area (TPSA) is 49.4 Å². The zero-order valence-electron chi connectivity index (χ0n) is 18.3. The Labute approximate surface area is 199 Å². The number of halogens is 2. The first-order valence-electron chi connectivity index (χ1n) is 10.7. The molecule has 1 N–H and O–H groups in total. The van der Waals surface area contributed by atoms with Crippen molar-refractivity contribution in [3.05, 3.63) is 116 Å². The van der Waals surface area contributed by atoms with Crippen LogP contribution in [0, 0.1) is 18.6 Å². The highest BCUT2D eigenvalue weighted by atomic mass is 32.1. The van der Waals surface area contributed by atoms with Gasteiger partial charge in [0.15, 0.2) is 0 Å². The third kappa shape index (κ3) is 3.99. The lowest BCUT2D eigenvalue weighted by Crippen LogP contribution is -2.31. The fraction of sp³-hybridized carbons (Fsp3) is 0.111. The van der Waals surface area contributed by atoms with Crippen molar-refractivity contribution in [3.8, 4) is 0 Å². The molecule has 0 atom stereocenters. The van der Waals surface area contributed by atoms with Crippen molar-refractivity contribution in [2.45, 2.75) is 19.9 Å². The molecule has 2 amide bonds. The van der Waals surface area contributed by atoms with Crippen LogP contribution in [0.2, 0.25) is 0 Å². The van der Waals surface area contributed by atoms with Gasteiger partial charge in [0.25, 0.3) is 11.8 Å². The van der Waals surface area contributed by atoms with Gasteiger partial charge in [0.05, 0.1) is 12.1 Å². The molecule has 0 unspecified atom stereocenters. The molecule has 7 heteroatoms. The van der Waals surface area contributed by atoms with Gasteiger partial charge in [0.1, 0.15) is 11.6 Å². The third-order valence-electron chi connectivity index (χ3n) is 6.01. The normalized spacial score (nSPS) is 12.5. The molecule has 1 aliphatic rings. The van der Waals surface area contributed by atoms with Crippen LogP contribution in [0.5, 0.6) is 0 Å². The first kappa shape index (κ1) is 22.0. The molecule has 0 bridgehead atoms. The molecule has 34 heavy (non-hydrogen) atoms. The van der Waals surface area contributed by atoms with E-state index in [1.807, 2.05) is 35.7 Å². The predicted molar refractivity (Wildman–Crippen MR) is 130 cm³/mol. The first-order valence-corrected chi connectivity index (χ1v) is 11.6. The third-order valence-corrected chi connectivity index (χ3v) is 6.98. The second kappa shape index (κ2) is 8.83. The van der Waals surface area contributed by atoms with Crippen molar-refractivity contribution < 1.29 is 18.4 Å². The zero-order valence-corrected chi connectivity index (χ0v) is 19.1. The second-order valence-corrected chi connectivity index (χ2v) is 9.13. The van der Waals surface area contributed by atoms with E-state index in [4.69, 9.17) is 0 Å². The van der Waals surface area contributed by atoms with Crippen LogP contribution in [0.3, 0.4) is 0 Å². The van der Waals surface area contributed by atoms with Gasteiger partial charge >= 0.3 is 0 Å². The van der Waals surface area contributed by atoms with E-state index in [9.17, 15) is 14.0 Å². The van der Waals surface area contributed by atoms with Gasteiger partial charge in [-0.2, -0.15) is 0 Å². The number of fused-ring (bicyclic) bond motifs is 2. The van der Waals surface area contributed by atoms with Crippen molar-refractivity contribution in [1.29, 1.82) is 0 Å². The van der Waals surface area contributed by atoms with Crippen LogP contribution in [-0.4, -0.2) is 11.8 Å². The Kier molecular flexibility index (Phi) is 5.71. The molecule has 0 fully saturated rings. The SMILES string of the molecule is Cc1c(F)cccc1C(=O)Nc1ccc(C(=O)N2Cc3ccsc3Cc3ccccc32)c(F)c1. The summed E-state index contributed by atoms with van der Waals surface area (Å²) >= 11 is 1.65. The standard InChI is InChI=1S/C27H20F2N2O2S/c1-16-20(6-4-7-22(16)28)26(32)30-19-9-10-21(23(29)14-19)27(33)31-15-18-11-12-34-25(18)13-17-5-2-3-8-24(17)31/h2-12,14H,13,15H2,1H3,(H,30,32). The lowest BCUT2D eigenvalue weighted by molar-refractivity contribution is 0.0980. The number of hydrogen-bond acceptors (Lipinski definition) is 3. The van der Waals surface area contributed by atoms with E-state index >= 15 is 4.39 Å². The van der Waals surface area contributed by atoms with Crippen LogP contribution in [0.4, 0.5) is 20.2 Å². The molecular weight excluding hydrogens is 454 g/mol. The molecule has 0 saturated heterocycles. The minimum absolute atomic E-state index is 0.0894. The molecule has 2 heterocycles. The highest BCUT2D eigenvalue weighted by molar-refractivity contribution is 7.10. The van der Waals surface area contributed by atoms with Gasteiger partial charge in [-0.25, -0.2) is 8.78 Å². The summed E-state index contributed by atoms with van der Waals surface area (Å²) in [6, 6.07) is 17.8. The van der Waals surface area contributed by atoms with Gasteiger partial charge in [0, 0.05) is 28.2 Å². The first-order chi connectivity index (χ1) is 16.4. The van der Waals surface area contributed by atoms with E-state index < -0.39 is 23.4 Å². The number of para-hydroxylation sites is 1. The molecule has 0 saturated carbocycles. The van der Waals surface area contributed by atoms with Gasteiger partial charge in [-0.15, -0.1) is 11.3 Å². The van der Waals surface area contributed by atoms with E-state index in [0.717, 1.165) is 29.3 Å². The monoisotopic (exact) mass is 474 g/mol. The average Bonchev–Trinajstić information content (AvgIpc) is 3.19. The molecule has 0 aliphatic carbocycles. The lowest BCUT2D eigenvalue weighted by atomic mass is 10.1. The van der Waals surface area contributed by atoms with Gasteiger partial charge in [-0.05, 0) is 71.5 Å². The molecular formula is C27H20F2N2O2S. The van der Waals surface area contributed by atoms with Crippen molar-refractivity contribution in [2.75, 3.05) is 10.2 Å². The summed E-state index contributed by atoms with van der Waals surface area (Å²) in [6.07, 6.45) is 0.722. The summed E-state index contributed by atoms with van der Waals surface area (Å²) in [5, 5.41) is 4.58. The number of anilines is 2. The maximum Gasteiger partial charge on any atom is 0.261 e. The fourth-order valence-corrected chi connectivity index (χ4v) is 5.08. The minimum atomic E-state index is -0.744. The number of carbonyl (C=O) groups is 2. The van der Waals surface area contributed by atoms with Gasteiger partial charge in [-0.3, -0.25) is 9.59 Å². The van der Waals surface area contributed by atoms with Crippen molar-refractivity contribution in [1.82, 2.24) is 0 Å². The van der Waals surface area contributed by atoms with Crippen LogP contribution < -0.4 is 10.2 Å². The lowest BCUT2D eigenvalue weighted by Gasteiger charge is -2.23. The molecule has 170 valence electrons. The van der Waals surface area contributed by atoms with Crippen LogP contribution in [0.15, 0.2) is 72.1 Å². The fourth-order valence-electron chi connectivity index (χ4n) is 4.16. The van der Waals surface area contributed by atoms with Crippen molar-refractivity contribution in [3.63, 3.8) is 0 Å². The van der Waals surface area contributed by atoms with Crippen molar-refractivity contribution in [2.24, 2.45) is 0 Å². The van der Waals surface area contributed by atoms with E-state index in [1.54, 1.807) is 16.2 Å². The maximum absolute atomic E-state index is 15.1. The number of thiophene rings is 1. The molecule has 1 aliphatic heterocycles. The summed E-state index contributed by atoms with van der Waals surface area (Å²) in [4.78, 5) is 28.8. The number of amides is 2. The Hall–Kier alpha value is -3.84. The molecule has 3 aromatic carbocycles. The number of rotatable bonds is 3. The maximum atomic E-state index is 15.1. The quantitative estimate of drug-likeness (QED) is 0.377. The minimum Gasteiger partial charge on any atom is -0.322 e. The number of nitrogens with zero attached hydrogens (tertiary/aromatic N) is 1.